The molecule has 5 rings (SSSR count). The lowest BCUT2D eigenvalue weighted by molar-refractivity contribution is 0.267. The van der Waals surface area contributed by atoms with E-state index in [0.717, 1.165) is 39.9 Å². The third kappa shape index (κ3) is 4.58. The average Bonchev–Trinajstić information content (AvgIpc) is 3.44. The van der Waals surface area contributed by atoms with Crippen LogP contribution in [-0.4, -0.2) is 34.0 Å². The molecule has 0 saturated carbocycles. The molecule has 6 nitrogen and oxygen atoms in total. The number of phenolic OH excluding ortho intramolecular Hbond substituents is 1. The number of thioether (sulfide) groups is 1. The standard InChI is InChI=1S/C26H20ClN3O3S/c1-33-21-12-6-17(7-13-21)22-15-23(18-4-8-19(27)9-5-18)30(29-22)25-24(34-26(32)28-25)14-16-2-10-20(31)11-3-16/h2-14,23,31H,15H2,1H3/b24-14-. The molecule has 1 atom stereocenters. The largest absolute Gasteiger partial charge is 0.508 e. The number of carbonyl (C=O) groups is 1. The first kappa shape index (κ1) is 22.3. The lowest BCUT2D eigenvalue weighted by Gasteiger charge is -2.24. The van der Waals surface area contributed by atoms with Crippen LogP contribution in [-0.2, 0) is 0 Å². The number of hydrogen-bond acceptors (Lipinski definition) is 6. The van der Waals surface area contributed by atoms with Gasteiger partial charge >= 0.3 is 5.24 Å². The first-order chi connectivity index (χ1) is 16.5. The van der Waals surface area contributed by atoms with Crippen LogP contribution < -0.4 is 4.74 Å². The number of hydrogen-bond donors (Lipinski definition) is 1. The highest BCUT2D eigenvalue weighted by Crippen LogP contribution is 2.40. The molecule has 0 fully saturated rings. The van der Waals surface area contributed by atoms with Gasteiger partial charge in [-0.05, 0) is 83.1 Å². The van der Waals surface area contributed by atoms with Gasteiger partial charge in [0.25, 0.3) is 0 Å². The van der Waals surface area contributed by atoms with E-state index in [4.69, 9.17) is 21.4 Å². The molecule has 2 aliphatic heterocycles. The van der Waals surface area contributed by atoms with Crippen LogP contribution >= 0.6 is 23.4 Å². The van der Waals surface area contributed by atoms with Gasteiger partial charge in [-0.2, -0.15) is 10.1 Å². The van der Waals surface area contributed by atoms with Crippen LogP contribution in [0.4, 0.5) is 4.79 Å². The summed E-state index contributed by atoms with van der Waals surface area (Å²) in [6.45, 7) is 0. The Morgan fingerprint density at radius 1 is 1.06 bits per heavy atom. The van der Waals surface area contributed by atoms with Gasteiger partial charge in [-0.3, -0.25) is 4.79 Å². The second-order valence-electron chi connectivity index (χ2n) is 7.79. The fourth-order valence-electron chi connectivity index (χ4n) is 3.89. The molecule has 1 amide bonds. The Bertz CT molecular complexity index is 1320. The van der Waals surface area contributed by atoms with E-state index in [0.29, 0.717) is 22.2 Å². The van der Waals surface area contributed by atoms with Crippen molar-refractivity contribution in [2.45, 2.75) is 12.5 Å². The molecule has 8 heteroatoms. The van der Waals surface area contributed by atoms with E-state index < -0.39 is 0 Å². The number of aliphatic imine (C=N–C) groups is 1. The smallest absolute Gasteiger partial charge is 0.311 e. The predicted molar refractivity (Wildman–Crippen MR) is 137 cm³/mol. The molecule has 0 radical (unpaired) electrons. The first-order valence-electron chi connectivity index (χ1n) is 10.6. The van der Waals surface area contributed by atoms with Crippen LogP contribution in [0.2, 0.25) is 5.02 Å². The zero-order valence-corrected chi connectivity index (χ0v) is 19.8. The van der Waals surface area contributed by atoms with Crippen molar-refractivity contribution in [3.63, 3.8) is 0 Å². The Hall–Kier alpha value is -3.55. The molecule has 0 spiro atoms. The van der Waals surface area contributed by atoms with Crippen molar-refractivity contribution in [3.05, 3.63) is 99.4 Å². The maximum absolute atomic E-state index is 12.4. The number of halogens is 1. The number of ether oxygens (including phenoxy) is 1. The van der Waals surface area contributed by atoms with Gasteiger partial charge in [0.15, 0.2) is 5.84 Å². The van der Waals surface area contributed by atoms with E-state index in [1.807, 2.05) is 59.6 Å². The number of hydrazone groups is 1. The molecular weight excluding hydrogens is 470 g/mol. The highest BCUT2D eigenvalue weighted by Gasteiger charge is 2.36. The number of phenols is 1. The van der Waals surface area contributed by atoms with Crippen LogP contribution in [0, 0.1) is 0 Å². The van der Waals surface area contributed by atoms with E-state index in [1.165, 1.54) is 0 Å². The van der Waals surface area contributed by atoms with Crippen molar-refractivity contribution in [2.75, 3.05) is 7.11 Å². The zero-order chi connectivity index (χ0) is 23.7. The van der Waals surface area contributed by atoms with Gasteiger partial charge < -0.3 is 9.84 Å². The van der Waals surface area contributed by atoms with E-state index >= 15 is 0 Å². The van der Waals surface area contributed by atoms with Crippen LogP contribution in [0.1, 0.15) is 29.2 Å². The summed E-state index contributed by atoms with van der Waals surface area (Å²) in [4.78, 5) is 17.4. The van der Waals surface area contributed by atoms with Gasteiger partial charge in [-0.25, -0.2) is 5.01 Å². The summed E-state index contributed by atoms with van der Waals surface area (Å²) in [7, 11) is 1.63. The maximum Gasteiger partial charge on any atom is 0.311 e. The first-order valence-corrected chi connectivity index (χ1v) is 11.8. The van der Waals surface area contributed by atoms with Gasteiger partial charge in [0.2, 0.25) is 0 Å². The van der Waals surface area contributed by atoms with Gasteiger partial charge in [0.05, 0.1) is 23.8 Å². The summed E-state index contributed by atoms with van der Waals surface area (Å²) in [5.74, 6) is 1.46. The fraction of sp³-hybridized carbons (Fsp3) is 0.115. The van der Waals surface area contributed by atoms with Crippen molar-refractivity contribution in [2.24, 2.45) is 10.1 Å². The van der Waals surface area contributed by atoms with E-state index in [9.17, 15) is 9.90 Å². The molecule has 1 N–H and O–H groups in total. The van der Waals surface area contributed by atoms with Crippen molar-refractivity contribution in [1.82, 2.24) is 5.01 Å². The summed E-state index contributed by atoms with van der Waals surface area (Å²) < 4.78 is 5.28. The van der Waals surface area contributed by atoms with Gasteiger partial charge in [-0.15, -0.1) is 0 Å². The number of rotatable bonds is 4. The number of benzene rings is 3. The Morgan fingerprint density at radius 2 is 1.76 bits per heavy atom. The maximum atomic E-state index is 12.4. The number of aromatic hydroxyl groups is 1. The summed E-state index contributed by atoms with van der Waals surface area (Å²) in [6, 6.07) is 22.0. The fourth-order valence-corrected chi connectivity index (χ4v) is 4.76. The van der Waals surface area contributed by atoms with Gasteiger partial charge in [-0.1, -0.05) is 35.9 Å². The molecule has 0 bridgehead atoms. The van der Waals surface area contributed by atoms with E-state index in [1.54, 1.807) is 31.4 Å². The predicted octanol–water partition coefficient (Wildman–Crippen LogP) is 6.51. The quantitative estimate of drug-likeness (QED) is 0.452. The molecule has 3 aromatic carbocycles. The Labute approximate surface area is 206 Å². The second kappa shape index (κ2) is 9.37. The lowest BCUT2D eigenvalue weighted by Crippen LogP contribution is -2.26. The summed E-state index contributed by atoms with van der Waals surface area (Å²) in [5, 5.41) is 16.7. The summed E-state index contributed by atoms with van der Waals surface area (Å²) in [6.07, 6.45) is 2.52. The van der Waals surface area contributed by atoms with Crippen molar-refractivity contribution < 1.29 is 14.6 Å². The molecule has 0 aliphatic carbocycles. The lowest BCUT2D eigenvalue weighted by atomic mass is 9.98. The molecule has 170 valence electrons. The monoisotopic (exact) mass is 489 g/mol. The highest BCUT2D eigenvalue weighted by atomic mass is 35.5. The minimum Gasteiger partial charge on any atom is -0.508 e. The normalized spacial score (nSPS) is 18.9. The highest BCUT2D eigenvalue weighted by molar-refractivity contribution is 8.18. The molecule has 1 unspecified atom stereocenters. The third-order valence-corrected chi connectivity index (χ3v) is 6.65. The molecule has 2 aliphatic rings. The Morgan fingerprint density at radius 3 is 2.44 bits per heavy atom. The molecule has 3 aromatic rings. The third-order valence-electron chi connectivity index (χ3n) is 5.61. The topological polar surface area (TPSA) is 74.5 Å². The van der Waals surface area contributed by atoms with Crippen LogP contribution in [0.25, 0.3) is 6.08 Å². The summed E-state index contributed by atoms with van der Waals surface area (Å²) in [5.41, 5.74) is 3.74. The van der Waals surface area contributed by atoms with Crippen molar-refractivity contribution in [3.8, 4) is 11.5 Å². The second-order valence-corrected chi connectivity index (χ2v) is 9.22. The van der Waals surface area contributed by atoms with Gasteiger partial charge in [0, 0.05) is 11.4 Å². The Balaban J connectivity index is 1.55. The zero-order valence-electron chi connectivity index (χ0n) is 18.2. The molecule has 2 heterocycles. The number of nitrogens with zero attached hydrogens (tertiary/aromatic N) is 3. The van der Waals surface area contributed by atoms with E-state index in [2.05, 4.69) is 4.99 Å². The van der Waals surface area contributed by atoms with Crippen molar-refractivity contribution >= 4 is 46.2 Å². The Kier molecular flexibility index (Phi) is 6.13. The van der Waals surface area contributed by atoms with Crippen LogP contribution in [0.15, 0.2) is 87.8 Å². The SMILES string of the molecule is COc1ccc(C2=NN(C3=NC(=O)S/C3=C\c3ccc(O)cc3)C(c3ccc(Cl)cc3)C2)cc1. The average molecular weight is 490 g/mol. The number of amidine groups is 1. The van der Waals surface area contributed by atoms with Gasteiger partial charge in [0.1, 0.15) is 11.5 Å². The molecule has 0 saturated heterocycles. The van der Waals surface area contributed by atoms with Crippen LogP contribution in [0.5, 0.6) is 11.5 Å². The molecule has 0 aromatic heterocycles. The minimum atomic E-state index is -0.289. The minimum absolute atomic E-state index is 0.150. The number of amides is 1. The van der Waals surface area contributed by atoms with E-state index in [-0.39, 0.29) is 17.0 Å². The number of carbonyl (C=O) groups excluding carboxylic acids is 1. The number of methoxy groups -OCH3 is 1. The molecular formula is C26H20ClN3O3S. The van der Waals surface area contributed by atoms with Crippen molar-refractivity contribution in [1.29, 1.82) is 0 Å². The molecule has 34 heavy (non-hydrogen) atoms. The summed E-state index contributed by atoms with van der Waals surface area (Å²) >= 11 is 7.19. The van der Waals surface area contributed by atoms with Crippen LogP contribution in [0.3, 0.4) is 0 Å².